The summed E-state index contributed by atoms with van der Waals surface area (Å²) in [7, 11) is 1.78. The molecule has 1 aliphatic heterocycles. The Kier molecular flexibility index (Phi) is 7.07. The second-order valence-corrected chi connectivity index (χ2v) is 4.97. The van der Waals surface area contributed by atoms with E-state index in [-0.39, 0.29) is 48.8 Å². The van der Waals surface area contributed by atoms with Gasteiger partial charge in [-0.2, -0.15) is 0 Å². The molecule has 1 fully saturated rings. The molecule has 1 aliphatic rings. The van der Waals surface area contributed by atoms with Crippen molar-refractivity contribution in [3.05, 3.63) is 34.4 Å². The molecule has 1 unspecified atom stereocenters. The molecule has 1 atom stereocenters. The molecular formula is C14H20ClN3O4. The summed E-state index contributed by atoms with van der Waals surface area (Å²) in [6.45, 7) is 1.87. The number of nitrogens with one attached hydrogen (secondary N) is 1. The maximum absolute atomic E-state index is 12.0. The number of nitro groups is 1. The number of nitro benzene ring substituents is 1. The Bertz CT molecular complexity index is 521. The van der Waals surface area contributed by atoms with Crippen LogP contribution in [0.15, 0.2) is 24.3 Å². The average Bonchev–Trinajstić information content (AvgIpc) is 3.00. The number of rotatable bonds is 6. The number of carbonyl (C=O) groups excluding carboxylic acids is 1. The second-order valence-electron chi connectivity index (χ2n) is 4.97. The van der Waals surface area contributed by atoms with Gasteiger partial charge < -0.3 is 15.0 Å². The van der Waals surface area contributed by atoms with Gasteiger partial charge in [-0.25, -0.2) is 0 Å². The molecule has 22 heavy (non-hydrogen) atoms. The first-order valence-corrected chi connectivity index (χ1v) is 6.92. The standard InChI is InChI=1S/C14H19N3O4.ClH/c1-16(11-6-8-15-10-11)14(18)7-9-21-13-5-3-2-4-12(13)17(19)20;/h2-5,11,15H,6-10H2,1H3;1H. The average molecular weight is 330 g/mol. The molecule has 1 aromatic rings. The summed E-state index contributed by atoms with van der Waals surface area (Å²) in [5.41, 5.74) is -0.0849. The summed E-state index contributed by atoms with van der Waals surface area (Å²) in [6, 6.07) is 6.39. The van der Waals surface area contributed by atoms with E-state index in [9.17, 15) is 14.9 Å². The molecule has 0 saturated carbocycles. The first kappa shape index (κ1) is 18.2. The Morgan fingerprint density at radius 1 is 1.50 bits per heavy atom. The minimum absolute atomic E-state index is 0. The van der Waals surface area contributed by atoms with E-state index in [0.29, 0.717) is 0 Å². The largest absolute Gasteiger partial charge is 0.486 e. The zero-order valence-corrected chi connectivity index (χ0v) is 13.2. The second kappa shape index (κ2) is 8.55. The molecule has 122 valence electrons. The van der Waals surface area contributed by atoms with Crippen molar-refractivity contribution in [1.82, 2.24) is 10.2 Å². The molecule has 0 spiro atoms. The van der Waals surface area contributed by atoms with Gasteiger partial charge in [-0.3, -0.25) is 14.9 Å². The van der Waals surface area contributed by atoms with Gasteiger partial charge in [-0.15, -0.1) is 12.4 Å². The third-order valence-corrected chi connectivity index (χ3v) is 3.61. The van der Waals surface area contributed by atoms with Gasteiger partial charge in [-0.1, -0.05) is 12.1 Å². The lowest BCUT2D eigenvalue weighted by molar-refractivity contribution is -0.385. The molecular weight excluding hydrogens is 310 g/mol. The highest BCUT2D eigenvalue weighted by molar-refractivity contribution is 5.85. The highest BCUT2D eigenvalue weighted by Gasteiger charge is 2.23. The molecule has 1 amide bonds. The van der Waals surface area contributed by atoms with Crippen molar-refractivity contribution in [2.24, 2.45) is 0 Å². The monoisotopic (exact) mass is 329 g/mol. The summed E-state index contributed by atoms with van der Waals surface area (Å²) >= 11 is 0. The maximum atomic E-state index is 12.0. The number of nitrogens with zero attached hydrogens (tertiary/aromatic N) is 2. The van der Waals surface area contributed by atoms with Crippen LogP contribution >= 0.6 is 12.4 Å². The van der Waals surface area contributed by atoms with Crippen molar-refractivity contribution in [2.45, 2.75) is 18.9 Å². The first-order valence-electron chi connectivity index (χ1n) is 6.92. The topological polar surface area (TPSA) is 84.7 Å². The zero-order chi connectivity index (χ0) is 15.2. The van der Waals surface area contributed by atoms with E-state index in [4.69, 9.17) is 4.74 Å². The number of para-hydroxylation sites is 2. The lowest BCUT2D eigenvalue weighted by atomic mass is 10.2. The summed E-state index contributed by atoms with van der Waals surface area (Å²) < 4.78 is 5.38. The number of amides is 1. The molecule has 1 heterocycles. The normalized spacial score (nSPS) is 16.7. The summed E-state index contributed by atoms with van der Waals surface area (Å²) in [6.07, 6.45) is 1.16. The van der Waals surface area contributed by atoms with Crippen LogP contribution in [-0.4, -0.2) is 48.5 Å². The number of carbonyl (C=O) groups is 1. The molecule has 1 aromatic carbocycles. The van der Waals surface area contributed by atoms with Crippen LogP contribution in [0.1, 0.15) is 12.8 Å². The number of likely N-dealkylation sites (N-methyl/N-ethyl adjacent to an activating group) is 1. The van der Waals surface area contributed by atoms with Crippen LogP contribution in [0.4, 0.5) is 5.69 Å². The highest BCUT2D eigenvalue weighted by Crippen LogP contribution is 2.25. The summed E-state index contributed by atoms with van der Waals surface area (Å²) in [4.78, 5) is 24.1. The Balaban J connectivity index is 0.00000242. The predicted octanol–water partition coefficient (Wildman–Crippen LogP) is 1.61. The summed E-state index contributed by atoms with van der Waals surface area (Å²) in [5.74, 6) is 0.183. The molecule has 0 bridgehead atoms. The molecule has 0 aliphatic carbocycles. The fraction of sp³-hybridized carbons (Fsp3) is 0.500. The molecule has 1 saturated heterocycles. The van der Waals surface area contributed by atoms with Crippen LogP contribution in [0, 0.1) is 10.1 Å². The Morgan fingerprint density at radius 2 is 2.23 bits per heavy atom. The quantitative estimate of drug-likeness (QED) is 0.633. The van der Waals surface area contributed by atoms with E-state index in [1.807, 2.05) is 0 Å². The molecule has 1 N–H and O–H groups in total. The Labute approximate surface area is 135 Å². The lowest BCUT2D eigenvalue weighted by Crippen LogP contribution is -2.38. The third-order valence-electron chi connectivity index (χ3n) is 3.61. The van der Waals surface area contributed by atoms with E-state index in [0.717, 1.165) is 19.5 Å². The van der Waals surface area contributed by atoms with E-state index < -0.39 is 4.92 Å². The van der Waals surface area contributed by atoms with Crippen molar-refractivity contribution in [3.8, 4) is 5.75 Å². The number of ether oxygens (including phenoxy) is 1. The van der Waals surface area contributed by atoms with Crippen LogP contribution in [-0.2, 0) is 4.79 Å². The molecule has 0 radical (unpaired) electrons. The smallest absolute Gasteiger partial charge is 0.310 e. The van der Waals surface area contributed by atoms with E-state index >= 15 is 0 Å². The van der Waals surface area contributed by atoms with Crippen LogP contribution in [0.3, 0.4) is 0 Å². The van der Waals surface area contributed by atoms with Gasteiger partial charge in [0.2, 0.25) is 5.91 Å². The van der Waals surface area contributed by atoms with Gasteiger partial charge in [0.05, 0.1) is 18.0 Å². The van der Waals surface area contributed by atoms with E-state index in [1.165, 1.54) is 12.1 Å². The number of hydrogen-bond acceptors (Lipinski definition) is 5. The van der Waals surface area contributed by atoms with Gasteiger partial charge >= 0.3 is 5.69 Å². The lowest BCUT2D eigenvalue weighted by Gasteiger charge is -2.23. The molecule has 7 nitrogen and oxygen atoms in total. The Hall–Kier alpha value is -1.86. The number of halogens is 1. The minimum atomic E-state index is -0.493. The van der Waals surface area contributed by atoms with Crippen molar-refractivity contribution in [3.63, 3.8) is 0 Å². The number of hydrogen-bond donors (Lipinski definition) is 1. The van der Waals surface area contributed by atoms with Crippen molar-refractivity contribution in [1.29, 1.82) is 0 Å². The van der Waals surface area contributed by atoms with Crippen LogP contribution in [0.25, 0.3) is 0 Å². The van der Waals surface area contributed by atoms with Gasteiger partial charge in [0.25, 0.3) is 0 Å². The van der Waals surface area contributed by atoms with Crippen molar-refractivity contribution < 1.29 is 14.5 Å². The summed E-state index contributed by atoms with van der Waals surface area (Å²) in [5, 5.41) is 14.1. The minimum Gasteiger partial charge on any atom is -0.486 e. The number of benzene rings is 1. The third kappa shape index (κ3) is 4.57. The Morgan fingerprint density at radius 3 is 2.86 bits per heavy atom. The van der Waals surface area contributed by atoms with E-state index in [2.05, 4.69) is 5.32 Å². The van der Waals surface area contributed by atoms with Gasteiger partial charge in [0, 0.05) is 25.7 Å². The molecule has 8 heteroatoms. The highest BCUT2D eigenvalue weighted by atomic mass is 35.5. The van der Waals surface area contributed by atoms with Gasteiger partial charge in [0.1, 0.15) is 0 Å². The SMILES string of the molecule is CN(C(=O)CCOc1ccccc1[N+](=O)[O-])C1CCNC1.Cl. The predicted molar refractivity (Wildman–Crippen MR) is 84.5 cm³/mol. The van der Waals surface area contributed by atoms with Crippen LogP contribution < -0.4 is 10.1 Å². The fourth-order valence-electron chi connectivity index (χ4n) is 2.33. The van der Waals surface area contributed by atoms with Crippen molar-refractivity contribution >= 4 is 24.0 Å². The van der Waals surface area contributed by atoms with Crippen molar-refractivity contribution in [2.75, 3.05) is 26.7 Å². The maximum Gasteiger partial charge on any atom is 0.310 e. The van der Waals surface area contributed by atoms with Crippen LogP contribution in [0.5, 0.6) is 5.75 Å². The van der Waals surface area contributed by atoms with Gasteiger partial charge in [-0.05, 0) is 19.0 Å². The van der Waals surface area contributed by atoms with Gasteiger partial charge in [0.15, 0.2) is 5.75 Å². The molecule has 0 aromatic heterocycles. The zero-order valence-electron chi connectivity index (χ0n) is 12.4. The first-order chi connectivity index (χ1) is 10.1. The fourth-order valence-corrected chi connectivity index (χ4v) is 2.33. The molecule has 2 rings (SSSR count). The van der Waals surface area contributed by atoms with E-state index in [1.54, 1.807) is 24.1 Å². The van der Waals surface area contributed by atoms with Crippen LogP contribution in [0.2, 0.25) is 0 Å².